The first kappa shape index (κ1) is 24.5. The molecule has 8 nitrogen and oxygen atoms in total. The van der Waals surface area contributed by atoms with E-state index in [4.69, 9.17) is 9.90 Å². The molecule has 0 bridgehead atoms. The summed E-state index contributed by atoms with van der Waals surface area (Å²) in [7, 11) is 3.89. The van der Waals surface area contributed by atoms with Crippen LogP contribution in [0.1, 0.15) is 33.2 Å². The van der Waals surface area contributed by atoms with Gasteiger partial charge in [0.1, 0.15) is 5.82 Å². The number of alkyl halides is 3. The number of aliphatic carboxylic acids is 1. The number of carboxylic acid groups (broad SMARTS) is 1. The highest BCUT2D eigenvalue weighted by Crippen LogP contribution is 2.20. The van der Waals surface area contributed by atoms with Gasteiger partial charge in [0.15, 0.2) is 0 Å². The lowest BCUT2D eigenvalue weighted by Gasteiger charge is -2.20. The number of hydrogen-bond donors (Lipinski definition) is 1. The Hall–Kier alpha value is -2.73. The van der Waals surface area contributed by atoms with Crippen molar-refractivity contribution in [1.29, 1.82) is 0 Å². The van der Waals surface area contributed by atoms with E-state index >= 15 is 0 Å². The summed E-state index contributed by atoms with van der Waals surface area (Å²) in [5.41, 5.74) is 1.72. The van der Waals surface area contributed by atoms with Crippen LogP contribution < -0.4 is 5.56 Å². The van der Waals surface area contributed by atoms with E-state index in [1.807, 2.05) is 42.3 Å². The third-order valence-corrected chi connectivity index (χ3v) is 5.35. The Bertz CT molecular complexity index is 1000. The normalized spacial score (nSPS) is 13.8. The van der Waals surface area contributed by atoms with Crippen LogP contribution in [-0.4, -0.2) is 63.2 Å². The second-order valence-electron chi connectivity index (χ2n) is 7.21. The number of fused-ring (bicyclic) bond motifs is 1. The second kappa shape index (κ2) is 10.1. The monoisotopic (exact) mass is 460 g/mol. The summed E-state index contributed by atoms with van der Waals surface area (Å²) in [6.07, 6.45) is -4.32. The Balaban J connectivity index is 0.000000423. The molecule has 12 heteroatoms. The molecule has 0 unspecified atom stereocenters. The second-order valence-corrected chi connectivity index (χ2v) is 8.12. The van der Waals surface area contributed by atoms with Gasteiger partial charge in [-0.3, -0.25) is 14.2 Å². The molecule has 0 radical (unpaired) electrons. The van der Waals surface area contributed by atoms with Gasteiger partial charge < -0.3 is 14.9 Å². The van der Waals surface area contributed by atoms with Crippen molar-refractivity contribution in [3.05, 3.63) is 49.8 Å². The molecule has 3 rings (SSSR count). The Labute approximate surface area is 180 Å². The van der Waals surface area contributed by atoms with Gasteiger partial charge in [-0.1, -0.05) is 0 Å². The number of carbonyl (C=O) groups excluding carboxylic acids is 1. The zero-order valence-electron chi connectivity index (χ0n) is 17.3. The lowest BCUT2D eigenvalue weighted by molar-refractivity contribution is -0.192. The van der Waals surface area contributed by atoms with Crippen LogP contribution in [0.5, 0.6) is 0 Å². The largest absolute Gasteiger partial charge is 0.490 e. The Morgan fingerprint density at radius 3 is 2.45 bits per heavy atom. The Kier molecular flexibility index (Phi) is 7.96. The van der Waals surface area contributed by atoms with Crippen molar-refractivity contribution in [3.63, 3.8) is 0 Å². The summed E-state index contributed by atoms with van der Waals surface area (Å²) in [4.78, 5) is 43.3. The van der Waals surface area contributed by atoms with Crippen molar-refractivity contribution >= 4 is 23.2 Å². The van der Waals surface area contributed by atoms with E-state index in [-0.39, 0.29) is 11.5 Å². The number of carboxylic acids is 1. The summed E-state index contributed by atoms with van der Waals surface area (Å²) in [6.45, 7) is 4.19. The number of aryl methyl sites for hydroxylation is 1. The highest BCUT2D eigenvalue weighted by molar-refractivity contribution is 7.12. The molecule has 0 saturated carbocycles. The van der Waals surface area contributed by atoms with Gasteiger partial charge in [-0.25, -0.2) is 9.78 Å². The zero-order valence-corrected chi connectivity index (χ0v) is 18.1. The minimum absolute atomic E-state index is 0.0292. The third kappa shape index (κ3) is 6.62. The van der Waals surface area contributed by atoms with E-state index in [2.05, 4.69) is 4.98 Å². The van der Waals surface area contributed by atoms with Gasteiger partial charge in [-0.2, -0.15) is 13.2 Å². The molecule has 0 aliphatic carbocycles. The smallest absolute Gasteiger partial charge is 0.475 e. The number of carbonyl (C=O) groups is 2. The van der Waals surface area contributed by atoms with Crippen LogP contribution in [0.3, 0.4) is 0 Å². The molecule has 0 saturated heterocycles. The molecule has 1 aliphatic heterocycles. The van der Waals surface area contributed by atoms with Gasteiger partial charge in [0.05, 0.1) is 17.1 Å². The molecule has 1 N–H and O–H groups in total. The number of thiophene rings is 1. The van der Waals surface area contributed by atoms with Crippen LogP contribution in [0.2, 0.25) is 0 Å². The lowest BCUT2D eigenvalue weighted by Crippen LogP contribution is -2.32. The first-order valence-electron chi connectivity index (χ1n) is 9.28. The number of halogens is 3. The summed E-state index contributed by atoms with van der Waals surface area (Å²) >= 11 is 1.47. The maximum Gasteiger partial charge on any atom is 0.490 e. The first-order valence-corrected chi connectivity index (χ1v) is 10.2. The molecule has 3 heterocycles. The van der Waals surface area contributed by atoms with Crippen molar-refractivity contribution in [1.82, 2.24) is 19.4 Å². The number of aromatic nitrogens is 2. The average Bonchev–Trinajstić information content (AvgIpc) is 2.94. The Morgan fingerprint density at radius 1 is 1.29 bits per heavy atom. The lowest BCUT2D eigenvalue weighted by atomic mass is 10.2. The van der Waals surface area contributed by atoms with E-state index in [1.54, 1.807) is 10.6 Å². The highest BCUT2D eigenvalue weighted by atomic mass is 32.1. The summed E-state index contributed by atoms with van der Waals surface area (Å²) < 4.78 is 33.4. The third-order valence-electron chi connectivity index (χ3n) is 4.35. The van der Waals surface area contributed by atoms with Gasteiger partial charge in [-0.05, 0) is 44.4 Å². The van der Waals surface area contributed by atoms with Crippen LogP contribution in [-0.2, 0) is 24.4 Å². The molecular weight excluding hydrogens is 437 g/mol. The number of rotatable bonds is 3. The van der Waals surface area contributed by atoms with Crippen LogP contribution in [0.15, 0.2) is 22.3 Å². The van der Waals surface area contributed by atoms with Gasteiger partial charge >= 0.3 is 12.1 Å². The average molecular weight is 460 g/mol. The molecule has 31 heavy (non-hydrogen) atoms. The molecular formula is C19H23F3N4O4S. The SMILES string of the molecule is Cc1ccsc1C(=O)N1CCCn2c(nc(CN(C)C)cc2=O)C1.O=C(O)C(F)(F)F. The molecule has 1 aliphatic rings. The molecule has 0 spiro atoms. The van der Waals surface area contributed by atoms with Crippen molar-refractivity contribution in [2.24, 2.45) is 0 Å². The van der Waals surface area contributed by atoms with Crippen molar-refractivity contribution in [2.45, 2.75) is 39.2 Å². The summed E-state index contributed by atoms with van der Waals surface area (Å²) in [5, 5.41) is 9.06. The maximum atomic E-state index is 12.8. The van der Waals surface area contributed by atoms with E-state index in [1.165, 1.54) is 11.3 Å². The van der Waals surface area contributed by atoms with Crippen molar-refractivity contribution in [2.75, 3.05) is 20.6 Å². The fraction of sp³-hybridized carbons (Fsp3) is 0.474. The predicted molar refractivity (Wildman–Crippen MR) is 108 cm³/mol. The molecule has 0 fully saturated rings. The van der Waals surface area contributed by atoms with E-state index in [0.29, 0.717) is 32.0 Å². The van der Waals surface area contributed by atoms with Gasteiger partial charge in [0, 0.05) is 25.7 Å². The summed E-state index contributed by atoms with van der Waals surface area (Å²) in [5.74, 6) is -2.05. The van der Waals surface area contributed by atoms with Gasteiger partial charge in [0.25, 0.3) is 11.5 Å². The standard InChI is InChI=1S/C17H22N4O2S.C2HF3O2/c1-12-5-8-24-16(12)17(23)20-6-4-7-21-14(11-20)18-13(9-15(21)22)10-19(2)3;3-2(4,5)1(6)7/h5,8-9H,4,6-7,10-11H2,1-3H3;(H,6,7). The quantitative estimate of drug-likeness (QED) is 0.756. The number of amides is 1. The minimum atomic E-state index is -5.08. The predicted octanol–water partition coefficient (Wildman–Crippen LogP) is 2.35. The molecule has 170 valence electrons. The molecule has 2 aromatic heterocycles. The molecule has 0 aromatic carbocycles. The van der Waals surface area contributed by atoms with Crippen LogP contribution >= 0.6 is 11.3 Å². The first-order chi connectivity index (χ1) is 14.4. The van der Waals surface area contributed by atoms with E-state index in [0.717, 1.165) is 22.6 Å². The van der Waals surface area contributed by atoms with Gasteiger partial charge in [0.2, 0.25) is 0 Å². The fourth-order valence-electron chi connectivity index (χ4n) is 2.95. The van der Waals surface area contributed by atoms with Gasteiger partial charge in [-0.15, -0.1) is 11.3 Å². The van der Waals surface area contributed by atoms with E-state index < -0.39 is 12.1 Å². The van der Waals surface area contributed by atoms with Crippen LogP contribution in [0, 0.1) is 6.92 Å². The highest BCUT2D eigenvalue weighted by Gasteiger charge is 2.38. The number of hydrogen-bond acceptors (Lipinski definition) is 6. The Morgan fingerprint density at radius 2 is 1.94 bits per heavy atom. The molecule has 1 amide bonds. The topological polar surface area (TPSA) is 95.7 Å². The molecule has 2 aromatic rings. The zero-order chi connectivity index (χ0) is 23.3. The fourth-order valence-corrected chi connectivity index (χ4v) is 3.84. The van der Waals surface area contributed by atoms with E-state index in [9.17, 15) is 22.8 Å². The van der Waals surface area contributed by atoms with Crippen LogP contribution in [0.4, 0.5) is 13.2 Å². The van der Waals surface area contributed by atoms with Crippen LogP contribution in [0.25, 0.3) is 0 Å². The minimum Gasteiger partial charge on any atom is -0.475 e. The maximum absolute atomic E-state index is 12.8. The molecule has 0 atom stereocenters. The van der Waals surface area contributed by atoms with Crippen molar-refractivity contribution in [3.8, 4) is 0 Å². The summed E-state index contributed by atoms with van der Waals surface area (Å²) in [6, 6.07) is 3.56. The van der Waals surface area contributed by atoms with Crippen molar-refractivity contribution < 1.29 is 27.9 Å². The number of nitrogens with zero attached hydrogens (tertiary/aromatic N) is 4.